The van der Waals surface area contributed by atoms with Crippen molar-refractivity contribution in [2.24, 2.45) is 0 Å². The zero-order valence-corrected chi connectivity index (χ0v) is 7.85. The number of carbonyl (C=O) groups is 1. The standard InChI is InChI=1S/C10H12N2O2/c13-8-9-1-2-11-7-10(9)12-3-5-14-6-4-12/h1-2,7-8H,3-6H2. The molecule has 0 spiro atoms. The van der Waals surface area contributed by atoms with Gasteiger partial charge < -0.3 is 9.64 Å². The zero-order valence-electron chi connectivity index (χ0n) is 7.85. The summed E-state index contributed by atoms with van der Waals surface area (Å²) in [6, 6.07) is 1.73. The predicted octanol–water partition coefficient (Wildman–Crippen LogP) is 0.731. The van der Waals surface area contributed by atoms with Gasteiger partial charge in [0.05, 0.1) is 25.1 Å². The average Bonchev–Trinajstić information content (AvgIpc) is 2.30. The van der Waals surface area contributed by atoms with E-state index in [9.17, 15) is 4.79 Å². The molecule has 0 amide bonds. The van der Waals surface area contributed by atoms with Crippen LogP contribution in [0.25, 0.3) is 0 Å². The van der Waals surface area contributed by atoms with Crippen LogP contribution >= 0.6 is 0 Å². The monoisotopic (exact) mass is 192 g/mol. The summed E-state index contributed by atoms with van der Waals surface area (Å²) in [4.78, 5) is 16.9. The molecule has 0 unspecified atom stereocenters. The molecule has 2 rings (SSSR count). The summed E-state index contributed by atoms with van der Waals surface area (Å²) in [5, 5.41) is 0. The van der Waals surface area contributed by atoms with Crippen LogP contribution in [-0.4, -0.2) is 37.6 Å². The van der Waals surface area contributed by atoms with Gasteiger partial charge in [0, 0.05) is 24.8 Å². The van der Waals surface area contributed by atoms with Gasteiger partial charge in [-0.25, -0.2) is 0 Å². The summed E-state index contributed by atoms with van der Waals surface area (Å²) >= 11 is 0. The molecular formula is C10H12N2O2. The summed E-state index contributed by atoms with van der Waals surface area (Å²) in [5.41, 5.74) is 1.60. The molecule has 4 nitrogen and oxygen atoms in total. The number of ether oxygens (including phenoxy) is 1. The highest BCUT2D eigenvalue weighted by Crippen LogP contribution is 2.18. The molecule has 0 N–H and O–H groups in total. The van der Waals surface area contributed by atoms with E-state index in [2.05, 4.69) is 9.88 Å². The van der Waals surface area contributed by atoms with Gasteiger partial charge in [0.2, 0.25) is 0 Å². The van der Waals surface area contributed by atoms with E-state index in [1.807, 2.05) is 0 Å². The number of carbonyl (C=O) groups excluding carboxylic acids is 1. The second-order valence-corrected chi connectivity index (χ2v) is 3.15. The molecule has 0 bridgehead atoms. The number of aromatic nitrogens is 1. The molecule has 0 atom stereocenters. The maximum Gasteiger partial charge on any atom is 0.152 e. The van der Waals surface area contributed by atoms with Crippen molar-refractivity contribution >= 4 is 12.0 Å². The minimum atomic E-state index is 0.696. The summed E-state index contributed by atoms with van der Waals surface area (Å²) in [6.45, 7) is 3.08. The van der Waals surface area contributed by atoms with Crippen LogP contribution in [0.5, 0.6) is 0 Å². The highest BCUT2D eigenvalue weighted by atomic mass is 16.5. The topological polar surface area (TPSA) is 42.4 Å². The van der Waals surface area contributed by atoms with Gasteiger partial charge in [-0.3, -0.25) is 9.78 Å². The largest absolute Gasteiger partial charge is 0.378 e. The molecule has 2 heterocycles. The van der Waals surface area contributed by atoms with E-state index in [0.717, 1.165) is 25.1 Å². The molecule has 1 aromatic heterocycles. The Bertz CT molecular complexity index is 322. The van der Waals surface area contributed by atoms with Gasteiger partial charge in [0.1, 0.15) is 0 Å². The van der Waals surface area contributed by atoms with Crippen LogP contribution < -0.4 is 4.90 Å². The fraction of sp³-hybridized carbons (Fsp3) is 0.400. The van der Waals surface area contributed by atoms with Gasteiger partial charge in [-0.15, -0.1) is 0 Å². The molecule has 1 aliphatic rings. The second kappa shape index (κ2) is 4.19. The third kappa shape index (κ3) is 1.75. The lowest BCUT2D eigenvalue weighted by Gasteiger charge is -2.29. The van der Waals surface area contributed by atoms with Crippen LogP contribution in [0.15, 0.2) is 18.5 Å². The number of morpholine rings is 1. The molecule has 0 aromatic carbocycles. The van der Waals surface area contributed by atoms with Crippen molar-refractivity contribution in [1.82, 2.24) is 4.98 Å². The Morgan fingerprint density at radius 3 is 2.93 bits per heavy atom. The summed E-state index contributed by atoms with van der Waals surface area (Å²) in [5.74, 6) is 0. The van der Waals surface area contributed by atoms with E-state index in [1.165, 1.54) is 0 Å². The van der Waals surface area contributed by atoms with Gasteiger partial charge in [-0.1, -0.05) is 0 Å². The SMILES string of the molecule is O=Cc1ccncc1N1CCOCC1. The smallest absolute Gasteiger partial charge is 0.152 e. The lowest BCUT2D eigenvalue weighted by atomic mass is 10.2. The number of nitrogens with zero attached hydrogens (tertiary/aromatic N) is 2. The molecule has 0 saturated carbocycles. The van der Waals surface area contributed by atoms with E-state index in [1.54, 1.807) is 18.5 Å². The lowest BCUT2D eigenvalue weighted by molar-refractivity contribution is 0.111. The number of anilines is 1. The number of rotatable bonds is 2. The first-order valence-corrected chi connectivity index (χ1v) is 4.63. The Kier molecular flexibility index (Phi) is 2.74. The number of aldehydes is 1. The molecule has 1 aliphatic heterocycles. The third-order valence-corrected chi connectivity index (χ3v) is 2.31. The molecule has 1 saturated heterocycles. The molecule has 0 aliphatic carbocycles. The lowest BCUT2D eigenvalue weighted by Crippen LogP contribution is -2.36. The van der Waals surface area contributed by atoms with Gasteiger partial charge in [0.15, 0.2) is 6.29 Å². The van der Waals surface area contributed by atoms with Crippen molar-refractivity contribution in [2.45, 2.75) is 0 Å². The number of pyridine rings is 1. The Hall–Kier alpha value is -1.42. The summed E-state index contributed by atoms with van der Waals surface area (Å²) in [6.07, 6.45) is 4.23. The molecule has 1 fully saturated rings. The summed E-state index contributed by atoms with van der Waals surface area (Å²) < 4.78 is 5.24. The first-order valence-electron chi connectivity index (χ1n) is 4.63. The first-order chi connectivity index (χ1) is 6.92. The van der Waals surface area contributed by atoms with E-state index in [-0.39, 0.29) is 0 Å². The van der Waals surface area contributed by atoms with Gasteiger partial charge in [0.25, 0.3) is 0 Å². The molecular weight excluding hydrogens is 180 g/mol. The van der Waals surface area contributed by atoms with Crippen molar-refractivity contribution in [1.29, 1.82) is 0 Å². The van der Waals surface area contributed by atoms with Crippen LogP contribution in [0.4, 0.5) is 5.69 Å². The minimum Gasteiger partial charge on any atom is -0.378 e. The van der Waals surface area contributed by atoms with Crippen LogP contribution in [-0.2, 0) is 4.74 Å². The maximum atomic E-state index is 10.8. The Balaban J connectivity index is 2.24. The molecule has 1 aromatic rings. The average molecular weight is 192 g/mol. The van der Waals surface area contributed by atoms with Crippen molar-refractivity contribution in [3.63, 3.8) is 0 Å². The Labute approximate surface area is 82.5 Å². The molecule has 74 valence electrons. The first kappa shape index (κ1) is 9.15. The van der Waals surface area contributed by atoms with Crippen molar-refractivity contribution < 1.29 is 9.53 Å². The Morgan fingerprint density at radius 2 is 2.21 bits per heavy atom. The minimum absolute atomic E-state index is 0.696. The quantitative estimate of drug-likeness (QED) is 0.648. The third-order valence-electron chi connectivity index (χ3n) is 2.31. The van der Waals surface area contributed by atoms with Gasteiger partial charge >= 0.3 is 0 Å². The normalized spacial score (nSPS) is 16.7. The van der Waals surface area contributed by atoms with Crippen LogP contribution in [0, 0.1) is 0 Å². The van der Waals surface area contributed by atoms with Crippen LogP contribution in [0.3, 0.4) is 0 Å². The zero-order chi connectivity index (χ0) is 9.80. The van der Waals surface area contributed by atoms with Gasteiger partial charge in [-0.2, -0.15) is 0 Å². The van der Waals surface area contributed by atoms with E-state index >= 15 is 0 Å². The van der Waals surface area contributed by atoms with E-state index in [0.29, 0.717) is 18.8 Å². The molecule has 4 heteroatoms. The van der Waals surface area contributed by atoms with Gasteiger partial charge in [-0.05, 0) is 6.07 Å². The predicted molar refractivity (Wildman–Crippen MR) is 52.7 cm³/mol. The van der Waals surface area contributed by atoms with E-state index < -0.39 is 0 Å². The number of hydrogen-bond donors (Lipinski definition) is 0. The number of hydrogen-bond acceptors (Lipinski definition) is 4. The Morgan fingerprint density at radius 1 is 1.43 bits per heavy atom. The second-order valence-electron chi connectivity index (χ2n) is 3.15. The van der Waals surface area contributed by atoms with E-state index in [4.69, 9.17) is 4.74 Å². The highest BCUT2D eigenvalue weighted by molar-refractivity contribution is 5.84. The maximum absolute atomic E-state index is 10.8. The van der Waals surface area contributed by atoms with Crippen LogP contribution in [0.2, 0.25) is 0 Å². The molecule has 0 radical (unpaired) electrons. The van der Waals surface area contributed by atoms with Crippen molar-refractivity contribution in [3.8, 4) is 0 Å². The highest BCUT2D eigenvalue weighted by Gasteiger charge is 2.13. The van der Waals surface area contributed by atoms with Crippen LogP contribution in [0.1, 0.15) is 10.4 Å². The fourth-order valence-electron chi connectivity index (χ4n) is 1.57. The molecule has 14 heavy (non-hydrogen) atoms. The fourth-order valence-corrected chi connectivity index (χ4v) is 1.57. The van der Waals surface area contributed by atoms with Crippen molar-refractivity contribution in [3.05, 3.63) is 24.0 Å². The summed E-state index contributed by atoms with van der Waals surface area (Å²) in [7, 11) is 0. The van der Waals surface area contributed by atoms with Crippen molar-refractivity contribution in [2.75, 3.05) is 31.2 Å².